The van der Waals surface area contributed by atoms with Gasteiger partial charge >= 0.3 is 6.18 Å². The molecule has 1 heterocycles. The van der Waals surface area contributed by atoms with Crippen LogP contribution in [0.4, 0.5) is 13.2 Å². The Hall–Kier alpha value is -1.07. The monoisotopic (exact) mass is 218 g/mol. The summed E-state index contributed by atoms with van der Waals surface area (Å²) in [6.45, 7) is -0.0646. The second kappa shape index (κ2) is 3.21. The first-order valence-corrected chi connectivity index (χ1v) is 4.42. The van der Waals surface area contributed by atoms with Crippen molar-refractivity contribution in [3.05, 3.63) is 35.9 Å². The molecular formula is C10H9F3O2. The molecular weight excluding hydrogens is 209 g/mol. The van der Waals surface area contributed by atoms with Crippen molar-refractivity contribution in [1.82, 2.24) is 0 Å². The molecule has 82 valence electrons. The van der Waals surface area contributed by atoms with Crippen LogP contribution >= 0.6 is 0 Å². The molecule has 1 saturated heterocycles. The van der Waals surface area contributed by atoms with Gasteiger partial charge in [0.25, 0.3) is 0 Å². The summed E-state index contributed by atoms with van der Waals surface area (Å²) in [4.78, 5) is 0. The van der Waals surface area contributed by atoms with Crippen molar-refractivity contribution in [2.24, 2.45) is 0 Å². The Morgan fingerprint density at radius 3 is 2.13 bits per heavy atom. The summed E-state index contributed by atoms with van der Waals surface area (Å²) in [7, 11) is 0. The molecule has 1 aromatic carbocycles. The maximum Gasteiger partial charge on any atom is 0.424 e. The third kappa shape index (κ3) is 1.61. The van der Waals surface area contributed by atoms with Gasteiger partial charge in [0.15, 0.2) is 0 Å². The van der Waals surface area contributed by atoms with Crippen LogP contribution in [-0.4, -0.2) is 24.0 Å². The van der Waals surface area contributed by atoms with Crippen molar-refractivity contribution >= 4 is 0 Å². The molecule has 0 aromatic heterocycles. The van der Waals surface area contributed by atoms with Gasteiger partial charge in [-0.3, -0.25) is 0 Å². The number of epoxide rings is 1. The Bertz CT molecular complexity index is 345. The smallest absolute Gasteiger partial charge is 0.374 e. The normalized spacial score (nSPS) is 24.7. The summed E-state index contributed by atoms with van der Waals surface area (Å²) in [6, 6.07) is 6.99. The highest BCUT2D eigenvalue weighted by Gasteiger charge is 2.64. The Kier molecular flexibility index (Phi) is 2.24. The number of ether oxygens (including phenoxy) is 1. The van der Waals surface area contributed by atoms with E-state index >= 15 is 0 Å². The van der Waals surface area contributed by atoms with Crippen molar-refractivity contribution in [2.75, 3.05) is 6.61 Å². The summed E-state index contributed by atoms with van der Waals surface area (Å²) in [5.74, 6) is 0. The van der Waals surface area contributed by atoms with E-state index in [4.69, 9.17) is 0 Å². The number of benzene rings is 1. The molecule has 1 aliphatic heterocycles. The number of rotatable bonds is 2. The average molecular weight is 218 g/mol. The number of halogens is 3. The van der Waals surface area contributed by atoms with E-state index in [1.54, 1.807) is 6.07 Å². The van der Waals surface area contributed by atoms with E-state index in [1.165, 1.54) is 24.3 Å². The van der Waals surface area contributed by atoms with Gasteiger partial charge in [0.05, 0.1) is 6.61 Å². The third-order valence-electron chi connectivity index (χ3n) is 2.45. The second-order valence-electron chi connectivity index (χ2n) is 3.45. The molecule has 15 heavy (non-hydrogen) atoms. The van der Waals surface area contributed by atoms with Gasteiger partial charge in [-0.1, -0.05) is 30.3 Å². The predicted octanol–water partition coefficient (Wildman–Crippen LogP) is 1.84. The van der Waals surface area contributed by atoms with Crippen LogP contribution in [0.25, 0.3) is 0 Å². The molecule has 2 rings (SSSR count). The van der Waals surface area contributed by atoms with E-state index in [2.05, 4.69) is 4.74 Å². The summed E-state index contributed by atoms with van der Waals surface area (Å²) in [5.41, 5.74) is -3.06. The lowest BCUT2D eigenvalue weighted by Gasteiger charge is -2.29. The van der Waals surface area contributed by atoms with Crippen LogP contribution in [0.2, 0.25) is 0 Å². The summed E-state index contributed by atoms with van der Waals surface area (Å²) in [5, 5.41) is 9.71. The second-order valence-corrected chi connectivity index (χ2v) is 3.45. The maximum atomic E-state index is 12.8. The molecule has 0 spiro atoms. The Balaban J connectivity index is 2.44. The van der Waals surface area contributed by atoms with Gasteiger partial charge in [0.1, 0.15) is 6.10 Å². The molecule has 0 unspecified atom stereocenters. The number of hydrogen-bond donors (Lipinski definition) is 1. The molecule has 0 bridgehead atoms. The predicted molar refractivity (Wildman–Crippen MR) is 46.1 cm³/mol. The molecule has 0 aliphatic carbocycles. The summed E-state index contributed by atoms with van der Waals surface area (Å²) in [6.07, 6.45) is -5.91. The van der Waals surface area contributed by atoms with Gasteiger partial charge in [-0.25, -0.2) is 0 Å². The van der Waals surface area contributed by atoms with E-state index in [-0.39, 0.29) is 12.2 Å². The van der Waals surface area contributed by atoms with Crippen LogP contribution in [0.1, 0.15) is 5.56 Å². The summed E-state index contributed by atoms with van der Waals surface area (Å²) < 4.78 is 42.8. The van der Waals surface area contributed by atoms with Crippen molar-refractivity contribution in [1.29, 1.82) is 0 Å². The van der Waals surface area contributed by atoms with Gasteiger partial charge in [0.2, 0.25) is 5.60 Å². The lowest BCUT2D eigenvalue weighted by atomic mass is 9.90. The highest BCUT2D eigenvalue weighted by molar-refractivity contribution is 5.27. The number of hydrogen-bond acceptors (Lipinski definition) is 2. The molecule has 2 nitrogen and oxygen atoms in total. The van der Waals surface area contributed by atoms with E-state index < -0.39 is 17.9 Å². The van der Waals surface area contributed by atoms with Crippen molar-refractivity contribution < 1.29 is 23.0 Å². The first-order valence-electron chi connectivity index (χ1n) is 4.42. The van der Waals surface area contributed by atoms with Gasteiger partial charge in [-0.15, -0.1) is 0 Å². The topological polar surface area (TPSA) is 32.8 Å². The molecule has 1 N–H and O–H groups in total. The molecule has 1 aliphatic rings. The van der Waals surface area contributed by atoms with Crippen molar-refractivity contribution in [3.8, 4) is 0 Å². The molecule has 1 aromatic rings. The van der Waals surface area contributed by atoms with Gasteiger partial charge in [-0.2, -0.15) is 13.2 Å². The Morgan fingerprint density at radius 2 is 1.73 bits per heavy atom. The number of aliphatic hydroxyl groups is 1. The van der Waals surface area contributed by atoms with Crippen LogP contribution in [-0.2, 0) is 10.3 Å². The number of alkyl halides is 3. The fourth-order valence-corrected chi connectivity index (χ4v) is 1.51. The SMILES string of the molecule is O[C@@](c1ccccc1)([C@@H]1CO1)C(F)(F)F. The fraction of sp³-hybridized carbons (Fsp3) is 0.400. The van der Waals surface area contributed by atoms with E-state index in [0.29, 0.717) is 0 Å². The molecule has 1 fully saturated rings. The molecule has 0 amide bonds. The molecule has 2 atom stereocenters. The Labute approximate surface area is 84.3 Å². The van der Waals surface area contributed by atoms with Crippen LogP contribution in [0.5, 0.6) is 0 Å². The van der Waals surface area contributed by atoms with E-state index in [9.17, 15) is 18.3 Å². The fourth-order valence-electron chi connectivity index (χ4n) is 1.51. The quantitative estimate of drug-likeness (QED) is 0.768. The van der Waals surface area contributed by atoms with Crippen LogP contribution in [0.3, 0.4) is 0 Å². The molecule has 0 saturated carbocycles. The average Bonchev–Trinajstić information content (AvgIpc) is 2.99. The molecule has 5 heteroatoms. The van der Waals surface area contributed by atoms with Crippen molar-refractivity contribution in [3.63, 3.8) is 0 Å². The zero-order chi connectivity index (χ0) is 11.1. The zero-order valence-corrected chi connectivity index (χ0v) is 7.66. The highest BCUT2D eigenvalue weighted by atomic mass is 19.4. The van der Waals surface area contributed by atoms with Gasteiger partial charge in [0, 0.05) is 0 Å². The largest absolute Gasteiger partial charge is 0.424 e. The van der Waals surface area contributed by atoms with Crippen LogP contribution < -0.4 is 0 Å². The first-order chi connectivity index (χ1) is 6.96. The maximum absolute atomic E-state index is 12.8. The Morgan fingerprint density at radius 1 is 1.20 bits per heavy atom. The minimum absolute atomic E-state index is 0.0646. The van der Waals surface area contributed by atoms with Crippen LogP contribution in [0, 0.1) is 0 Å². The minimum atomic E-state index is -4.73. The van der Waals surface area contributed by atoms with E-state index in [0.717, 1.165) is 0 Å². The lowest BCUT2D eigenvalue weighted by molar-refractivity contribution is -0.273. The first kappa shape index (κ1) is 10.4. The third-order valence-corrected chi connectivity index (χ3v) is 2.45. The van der Waals surface area contributed by atoms with Gasteiger partial charge < -0.3 is 9.84 Å². The standard InChI is InChI=1S/C10H9F3O2/c11-10(12,13)9(14,8-6-15-8)7-4-2-1-3-5-7/h1-5,8,14H,6H2/t8-,9-/m0/s1. The lowest BCUT2D eigenvalue weighted by Crippen LogP contribution is -2.47. The zero-order valence-electron chi connectivity index (χ0n) is 7.66. The summed E-state index contributed by atoms with van der Waals surface area (Å²) >= 11 is 0. The highest BCUT2D eigenvalue weighted by Crippen LogP contribution is 2.46. The minimum Gasteiger partial charge on any atom is -0.374 e. The van der Waals surface area contributed by atoms with Crippen molar-refractivity contribution in [2.45, 2.75) is 17.9 Å². The van der Waals surface area contributed by atoms with Crippen LogP contribution in [0.15, 0.2) is 30.3 Å². The van der Waals surface area contributed by atoms with Gasteiger partial charge in [-0.05, 0) is 5.56 Å². The molecule has 0 radical (unpaired) electrons. The van der Waals surface area contributed by atoms with E-state index in [1.807, 2.05) is 0 Å².